The van der Waals surface area contributed by atoms with E-state index in [-0.39, 0.29) is 0 Å². The molecule has 4 heteroatoms. The van der Waals surface area contributed by atoms with Crippen LogP contribution in [-0.2, 0) is 0 Å². The van der Waals surface area contributed by atoms with Gasteiger partial charge in [-0.15, -0.1) is 0 Å². The molecule has 1 atom stereocenters. The first-order valence-corrected chi connectivity index (χ1v) is 5.81. The lowest BCUT2D eigenvalue weighted by Crippen LogP contribution is -2.16. The third-order valence-electron chi connectivity index (χ3n) is 2.11. The number of rotatable bonds is 4. The van der Waals surface area contributed by atoms with E-state index in [4.69, 9.17) is 23.2 Å². The molecule has 0 aliphatic rings. The van der Waals surface area contributed by atoms with Crippen LogP contribution in [0.3, 0.4) is 0 Å². The van der Waals surface area contributed by atoms with E-state index in [1.807, 2.05) is 25.2 Å². The summed E-state index contributed by atoms with van der Waals surface area (Å²) in [4.78, 5) is 0. The second-order valence-corrected chi connectivity index (χ2v) is 4.29. The molecule has 0 aliphatic carbocycles. The van der Waals surface area contributed by atoms with Gasteiger partial charge in [-0.1, -0.05) is 29.3 Å². The SMILES string of the molecule is CNC(CCS)c1ccc(Cl)c(Cl)c1. The maximum Gasteiger partial charge on any atom is 0.0595 e. The Hall–Kier alpha value is 0.110. The van der Waals surface area contributed by atoms with Crippen LogP contribution in [0.1, 0.15) is 18.0 Å². The topological polar surface area (TPSA) is 12.0 Å². The van der Waals surface area contributed by atoms with Crippen LogP contribution in [0.5, 0.6) is 0 Å². The molecule has 1 aromatic carbocycles. The van der Waals surface area contributed by atoms with E-state index in [9.17, 15) is 0 Å². The Morgan fingerprint density at radius 2 is 2.07 bits per heavy atom. The van der Waals surface area contributed by atoms with Crippen LogP contribution in [0.15, 0.2) is 18.2 Å². The third kappa shape index (κ3) is 3.06. The van der Waals surface area contributed by atoms with Crippen LogP contribution < -0.4 is 5.32 Å². The zero-order valence-corrected chi connectivity index (χ0v) is 10.3. The Morgan fingerprint density at radius 3 is 2.57 bits per heavy atom. The summed E-state index contributed by atoms with van der Waals surface area (Å²) in [6.07, 6.45) is 0.970. The van der Waals surface area contributed by atoms with Gasteiger partial charge in [0.1, 0.15) is 0 Å². The van der Waals surface area contributed by atoms with Crippen molar-refractivity contribution in [3.63, 3.8) is 0 Å². The molecule has 14 heavy (non-hydrogen) atoms. The average molecular weight is 250 g/mol. The molecule has 0 aromatic heterocycles. The van der Waals surface area contributed by atoms with Crippen LogP contribution in [0.4, 0.5) is 0 Å². The van der Waals surface area contributed by atoms with Gasteiger partial charge in [0.15, 0.2) is 0 Å². The van der Waals surface area contributed by atoms with Gasteiger partial charge < -0.3 is 5.32 Å². The Kier molecular flexibility index (Phi) is 5.10. The van der Waals surface area contributed by atoms with Crippen molar-refractivity contribution in [1.29, 1.82) is 0 Å². The van der Waals surface area contributed by atoms with Crippen molar-refractivity contribution in [3.05, 3.63) is 33.8 Å². The van der Waals surface area contributed by atoms with Gasteiger partial charge in [0, 0.05) is 6.04 Å². The molecule has 1 aromatic rings. The monoisotopic (exact) mass is 249 g/mol. The van der Waals surface area contributed by atoms with Gasteiger partial charge in [-0.25, -0.2) is 0 Å². The predicted molar refractivity (Wildman–Crippen MR) is 66.7 cm³/mol. The number of hydrogen-bond acceptors (Lipinski definition) is 2. The first-order chi connectivity index (χ1) is 6.69. The van der Waals surface area contributed by atoms with Gasteiger partial charge in [-0.3, -0.25) is 0 Å². The lowest BCUT2D eigenvalue weighted by molar-refractivity contribution is 0.582. The minimum atomic E-state index is 0.294. The van der Waals surface area contributed by atoms with Crippen molar-refractivity contribution in [3.8, 4) is 0 Å². The molecule has 1 nitrogen and oxygen atoms in total. The van der Waals surface area contributed by atoms with Crippen molar-refractivity contribution >= 4 is 35.8 Å². The Bertz CT molecular complexity index is 304. The van der Waals surface area contributed by atoms with E-state index in [0.29, 0.717) is 16.1 Å². The molecule has 0 fully saturated rings. The fourth-order valence-corrected chi connectivity index (χ4v) is 1.90. The zero-order chi connectivity index (χ0) is 10.6. The minimum absolute atomic E-state index is 0.294. The largest absolute Gasteiger partial charge is 0.313 e. The third-order valence-corrected chi connectivity index (χ3v) is 3.11. The van der Waals surface area contributed by atoms with E-state index in [1.54, 1.807) is 0 Å². The zero-order valence-electron chi connectivity index (χ0n) is 7.93. The van der Waals surface area contributed by atoms with Crippen molar-refractivity contribution in [2.24, 2.45) is 0 Å². The quantitative estimate of drug-likeness (QED) is 0.778. The maximum atomic E-state index is 5.94. The predicted octanol–water partition coefficient (Wildman–Crippen LogP) is 3.57. The minimum Gasteiger partial charge on any atom is -0.313 e. The summed E-state index contributed by atoms with van der Waals surface area (Å²) in [6, 6.07) is 6.00. The fraction of sp³-hybridized carbons (Fsp3) is 0.400. The smallest absolute Gasteiger partial charge is 0.0595 e. The van der Waals surface area contributed by atoms with E-state index >= 15 is 0 Å². The van der Waals surface area contributed by atoms with Gasteiger partial charge in [0.05, 0.1) is 10.0 Å². The molecule has 1 rings (SSSR count). The molecule has 0 amide bonds. The van der Waals surface area contributed by atoms with Crippen LogP contribution in [-0.4, -0.2) is 12.8 Å². The maximum absolute atomic E-state index is 5.94. The normalized spacial score (nSPS) is 12.9. The highest BCUT2D eigenvalue weighted by Gasteiger charge is 2.09. The van der Waals surface area contributed by atoms with Crippen LogP contribution in [0.25, 0.3) is 0 Å². The van der Waals surface area contributed by atoms with Crippen molar-refractivity contribution in [2.45, 2.75) is 12.5 Å². The molecule has 1 unspecified atom stereocenters. The average Bonchev–Trinajstić information content (AvgIpc) is 2.19. The molecule has 0 radical (unpaired) electrons. The number of thiol groups is 1. The van der Waals surface area contributed by atoms with Gasteiger partial charge in [0.25, 0.3) is 0 Å². The highest BCUT2D eigenvalue weighted by Crippen LogP contribution is 2.26. The lowest BCUT2D eigenvalue weighted by atomic mass is 10.1. The molecular formula is C10H13Cl2NS. The molecule has 0 bridgehead atoms. The van der Waals surface area contributed by atoms with E-state index in [2.05, 4.69) is 17.9 Å². The van der Waals surface area contributed by atoms with Crippen LogP contribution in [0.2, 0.25) is 10.0 Å². The number of nitrogens with one attached hydrogen (secondary N) is 1. The molecule has 0 aliphatic heterocycles. The molecule has 0 heterocycles. The summed E-state index contributed by atoms with van der Waals surface area (Å²) >= 11 is 16.0. The molecule has 0 spiro atoms. The van der Waals surface area contributed by atoms with Gasteiger partial charge in [-0.05, 0) is 36.9 Å². The fourth-order valence-electron chi connectivity index (χ4n) is 1.34. The Morgan fingerprint density at radius 1 is 1.36 bits per heavy atom. The Balaban J connectivity index is 2.88. The summed E-state index contributed by atoms with van der Waals surface area (Å²) in [5.74, 6) is 0.839. The Labute approximate surface area is 100 Å². The molecular weight excluding hydrogens is 237 g/mol. The molecule has 0 saturated heterocycles. The van der Waals surface area contributed by atoms with Crippen LogP contribution in [0, 0.1) is 0 Å². The first-order valence-electron chi connectivity index (χ1n) is 4.42. The van der Waals surface area contributed by atoms with E-state index in [0.717, 1.165) is 17.7 Å². The van der Waals surface area contributed by atoms with Crippen molar-refractivity contribution in [1.82, 2.24) is 5.32 Å². The van der Waals surface area contributed by atoms with Gasteiger partial charge in [-0.2, -0.15) is 12.6 Å². The highest BCUT2D eigenvalue weighted by atomic mass is 35.5. The van der Waals surface area contributed by atoms with Gasteiger partial charge >= 0.3 is 0 Å². The highest BCUT2D eigenvalue weighted by molar-refractivity contribution is 7.80. The number of benzene rings is 1. The van der Waals surface area contributed by atoms with Crippen molar-refractivity contribution < 1.29 is 0 Å². The summed E-state index contributed by atoms with van der Waals surface area (Å²) in [5, 5.41) is 4.41. The molecule has 78 valence electrons. The second kappa shape index (κ2) is 5.86. The summed E-state index contributed by atoms with van der Waals surface area (Å²) < 4.78 is 0. The van der Waals surface area contributed by atoms with E-state index < -0.39 is 0 Å². The number of hydrogen-bond donors (Lipinski definition) is 2. The number of halogens is 2. The molecule has 1 N–H and O–H groups in total. The van der Waals surface area contributed by atoms with Gasteiger partial charge in [0.2, 0.25) is 0 Å². The van der Waals surface area contributed by atoms with E-state index in [1.165, 1.54) is 0 Å². The molecule has 0 saturated carbocycles. The second-order valence-electron chi connectivity index (χ2n) is 3.03. The standard InChI is InChI=1S/C10H13Cl2NS/c1-13-10(4-5-14)7-2-3-8(11)9(12)6-7/h2-3,6,10,13-14H,4-5H2,1H3. The summed E-state index contributed by atoms with van der Waals surface area (Å²) in [5.41, 5.74) is 1.15. The van der Waals surface area contributed by atoms with Crippen LogP contribution >= 0.6 is 35.8 Å². The lowest BCUT2D eigenvalue weighted by Gasteiger charge is -2.15. The summed E-state index contributed by atoms with van der Waals surface area (Å²) in [6.45, 7) is 0. The van der Waals surface area contributed by atoms with Crippen molar-refractivity contribution in [2.75, 3.05) is 12.8 Å². The first kappa shape index (κ1) is 12.2. The summed E-state index contributed by atoms with van der Waals surface area (Å²) in [7, 11) is 1.93.